The molecule has 2 N–H and O–H groups in total. The number of fused-ring (bicyclic) bond motifs is 1. The lowest BCUT2D eigenvalue weighted by Crippen LogP contribution is -2.66. The first-order chi connectivity index (χ1) is 17.1. The molecule has 186 valence electrons. The first kappa shape index (κ1) is 23.9. The van der Waals surface area contributed by atoms with Crippen molar-refractivity contribution in [1.82, 2.24) is 29.8 Å². The van der Waals surface area contributed by atoms with Gasteiger partial charge in [-0.3, -0.25) is 14.6 Å². The summed E-state index contributed by atoms with van der Waals surface area (Å²) in [4.78, 5) is 36.3. The van der Waals surface area contributed by atoms with E-state index >= 15 is 0 Å². The zero-order valence-electron chi connectivity index (χ0n) is 21.0. The zero-order chi connectivity index (χ0) is 25.8. The number of likely N-dealkylation sites (N-methyl/N-ethyl adjacent to an activating group) is 1. The second kappa shape index (κ2) is 8.67. The molecule has 0 radical (unpaired) electrons. The summed E-state index contributed by atoms with van der Waals surface area (Å²) in [6.07, 6.45) is 3.43. The maximum atomic E-state index is 13.6. The van der Waals surface area contributed by atoms with Gasteiger partial charge in [-0.05, 0) is 56.1 Å². The van der Waals surface area contributed by atoms with Crippen LogP contribution in [0.2, 0.25) is 0 Å². The van der Waals surface area contributed by atoms with Crippen LogP contribution in [0.5, 0.6) is 0 Å². The van der Waals surface area contributed by atoms with E-state index in [-0.39, 0.29) is 28.9 Å². The number of hydrogen-bond donors (Lipinski definition) is 2. The van der Waals surface area contributed by atoms with Crippen molar-refractivity contribution in [3.05, 3.63) is 87.0 Å². The minimum absolute atomic E-state index is 0.121. The normalized spacial score (nSPS) is 15.3. The van der Waals surface area contributed by atoms with Crippen LogP contribution in [0.1, 0.15) is 52.6 Å². The number of pyridine rings is 1. The van der Waals surface area contributed by atoms with E-state index in [1.54, 1.807) is 24.5 Å². The molecule has 0 aliphatic carbocycles. The third-order valence-electron chi connectivity index (χ3n) is 6.93. The maximum absolute atomic E-state index is 13.6. The molecular formula is C27H29FN6O2. The van der Waals surface area contributed by atoms with Crippen LogP contribution in [0.3, 0.4) is 0 Å². The standard InChI is InChI=1S/C27H29FN6O2/c1-15(2)22-23(25(35)31-27(13-33(5)14-27)19-6-8-20(28)9-7-19)32-34-12-21(30-26(36)24(22)34)18-10-16(3)17(4)29-11-18/h6-12,15H,13-14H2,1-5H3,(H,30,36)(H,31,35). The molecule has 4 aromatic rings. The van der Waals surface area contributed by atoms with Crippen LogP contribution in [0, 0.1) is 19.7 Å². The largest absolute Gasteiger partial charge is 0.338 e. The summed E-state index contributed by atoms with van der Waals surface area (Å²) in [5.41, 5.74) is 4.23. The van der Waals surface area contributed by atoms with Gasteiger partial charge in [0.15, 0.2) is 5.69 Å². The fraction of sp³-hybridized carbons (Fsp3) is 0.333. The van der Waals surface area contributed by atoms with Crippen molar-refractivity contribution in [2.45, 2.75) is 39.2 Å². The maximum Gasteiger partial charge on any atom is 0.274 e. The fourth-order valence-corrected chi connectivity index (χ4v) is 5.01. The quantitative estimate of drug-likeness (QED) is 0.448. The number of rotatable bonds is 5. The van der Waals surface area contributed by atoms with Gasteiger partial charge >= 0.3 is 0 Å². The van der Waals surface area contributed by atoms with Crippen LogP contribution in [-0.4, -0.2) is 50.5 Å². The Labute approximate surface area is 208 Å². The highest BCUT2D eigenvalue weighted by Crippen LogP contribution is 2.32. The van der Waals surface area contributed by atoms with Gasteiger partial charge in [0.1, 0.15) is 11.3 Å². The molecule has 0 spiro atoms. The summed E-state index contributed by atoms with van der Waals surface area (Å²) >= 11 is 0. The molecule has 0 saturated carbocycles. The molecule has 36 heavy (non-hydrogen) atoms. The molecule has 0 atom stereocenters. The molecular weight excluding hydrogens is 459 g/mol. The number of aromatic amines is 1. The molecule has 8 nitrogen and oxygen atoms in total. The van der Waals surface area contributed by atoms with E-state index < -0.39 is 5.54 Å². The van der Waals surface area contributed by atoms with Crippen LogP contribution in [0.15, 0.2) is 47.5 Å². The van der Waals surface area contributed by atoms with Crippen molar-refractivity contribution in [2.24, 2.45) is 0 Å². The average Bonchev–Trinajstić information content (AvgIpc) is 3.21. The SMILES string of the molecule is Cc1cc(-c2cn3nc(C(=O)NC4(c5ccc(F)cc5)CN(C)C4)c(C(C)C)c3c(=O)[nH]2)cnc1C. The van der Waals surface area contributed by atoms with Gasteiger partial charge in [0, 0.05) is 36.1 Å². The second-order valence-electron chi connectivity index (χ2n) is 10.0. The van der Waals surface area contributed by atoms with Gasteiger partial charge in [0.25, 0.3) is 11.5 Å². The van der Waals surface area contributed by atoms with Crippen LogP contribution in [0.25, 0.3) is 16.8 Å². The minimum Gasteiger partial charge on any atom is -0.338 e. The third-order valence-corrected chi connectivity index (χ3v) is 6.93. The predicted octanol–water partition coefficient (Wildman–Crippen LogP) is 3.53. The fourth-order valence-electron chi connectivity index (χ4n) is 5.01. The Morgan fingerprint density at radius 1 is 1.19 bits per heavy atom. The number of hydrogen-bond acceptors (Lipinski definition) is 5. The Bertz CT molecular complexity index is 1530. The molecule has 1 aliphatic rings. The van der Waals surface area contributed by atoms with Crippen LogP contribution < -0.4 is 10.9 Å². The Morgan fingerprint density at radius 3 is 2.50 bits per heavy atom. The highest BCUT2D eigenvalue weighted by atomic mass is 19.1. The lowest BCUT2D eigenvalue weighted by molar-refractivity contribution is 0.0507. The number of carbonyl (C=O) groups is 1. The third kappa shape index (κ3) is 3.99. The number of H-pyrrole nitrogens is 1. The van der Waals surface area contributed by atoms with Gasteiger partial charge in [-0.2, -0.15) is 5.10 Å². The van der Waals surface area contributed by atoms with Crippen molar-refractivity contribution in [1.29, 1.82) is 0 Å². The topological polar surface area (TPSA) is 95.4 Å². The monoisotopic (exact) mass is 488 g/mol. The molecule has 5 rings (SSSR count). The van der Waals surface area contributed by atoms with E-state index in [1.807, 2.05) is 40.8 Å². The summed E-state index contributed by atoms with van der Waals surface area (Å²) in [5.74, 6) is -0.817. The van der Waals surface area contributed by atoms with Crippen molar-refractivity contribution in [3.63, 3.8) is 0 Å². The summed E-state index contributed by atoms with van der Waals surface area (Å²) in [7, 11) is 1.96. The molecule has 1 fully saturated rings. The van der Waals surface area contributed by atoms with Gasteiger partial charge in [-0.15, -0.1) is 0 Å². The number of carbonyl (C=O) groups excluding carboxylic acids is 1. The molecule has 1 aliphatic heterocycles. The lowest BCUT2D eigenvalue weighted by atomic mass is 9.82. The van der Waals surface area contributed by atoms with Crippen molar-refractivity contribution < 1.29 is 9.18 Å². The van der Waals surface area contributed by atoms with Crippen LogP contribution in [0.4, 0.5) is 4.39 Å². The van der Waals surface area contributed by atoms with E-state index in [4.69, 9.17) is 0 Å². The van der Waals surface area contributed by atoms with E-state index in [9.17, 15) is 14.0 Å². The molecule has 3 aromatic heterocycles. The van der Waals surface area contributed by atoms with Crippen LogP contribution in [-0.2, 0) is 5.54 Å². The summed E-state index contributed by atoms with van der Waals surface area (Å²) < 4.78 is 15.0. The van der Waals surface area contributed by atoms with E-state index in [1.165, 1.54) is 16.6 Å². The number of nitrogens with zero attached hydrogens (tertiary/aromatic N) is 4. The summed E-state index contributed by atoms with van der Waals surface area (Å²) in [6.45, 7) is 8.92. The molecule has 4 heterocycles. The Morgan fingerprint density at radius 2 is 1.89 bits per heavy atom. The number of amides is 1. The van der Waals surface area contributed by atoms with Gasteiger partial charge in [-0.25, -0.2) is 8.91 Å². The molecule has 1 aromatic carbocycles. The van der Waals surface area contributed by atoms with Gasteiger partial charge in [0.05, 0.1) is 17.4 Å². The van der Waals surface area contributed by atoms with Gasteiger partial charge in [-0.1, -0.05) is 26.0 Å². The molecule has 1 amide bonds. The van der Waals surface area contributed by atoms with Crippen molar-refractivity contribution in [3.8, 4) is 11.3 Å². The first-order valence-electron chi connectivity index (χ1n) is 11.9. The zero-order valence-corrected chi connectivity index (χ0v) is 21.0. The first-order valence-corrected chi connectivity index (χ1v) is 11.9. The summed E-state index contributed by atoms with van der Waals surface area (Å²) in [5, 5.41) is 7.73. The lowest BCUT2D eigenvalue weighted by Gasteiger charge is -2.49. The number of likely N-dealkylation sites (tertiary alicyclic amines) is 1. The highest BCUT2D eigenvalue weighted by molar-refractivity contribution is 5.96. The van der Waals surface area contributed by atoms with Crippen LogP contribution >= 0.6 is 0 Å². The molecule has 0 unspecified atom stereocenters. The van der Waals surface area contributed by atoms with E-state index in [2.05, 4.69) is 25.3 Å². The van der Waals surface area contributed by atoms with Gasteiger partial charge in [0.2, 0.25) is 0 Å². The van der Waals surface area contributed by atoms with Crippen molar-refractivity contribution >= 4 is 11.4 Å². The smallest absolute Gasteiger partial charge is 0.274 e. The molecule has 1 saturated heterocycles. The Kier molecular flexibility index (Phi) is 5.75. The van der Waals surface area contributed by atoms with Crippen molar-refractivity contribution in [2.75, 3.05) is 20.1 Å². The Hall–Kier alpha value is -3.85. The minimum atomic E-state index is -0.660. The number of halogens is 1. The highest BCUT2D eigenvalue weighted by Gasteiger charge is 2.44. The number of aromatic nitrogens is 4. The van der Waals surface area contributed by atoms with Gasteiger partial charge < -0.3 is 15.2 Å². The predicted molar refractivity (Wildman–Crippen MR) is 136 cm³/mol. The second-order valence-corrected chi connectivity index (χ2v) is 10.0. The van der Waals surface area contributed by atoms with E-state index in [0.29, 0.717) is 29.9 Å². The Balaban J connectivity index is 1.58. The summed E-state index contributed by atoms with van der Waals surface area (Å²) in [6, 6.07) is 8.15. The molecule has 0 bridgehead atoms. The van der Waals surface area contributed by atoms with E-state index in [0.717, 1.165) is 22.4 Å². The number of benzene rings is 1. The average molecular weight is 489 g/mol. The molecule has 9 heteroatoms. The number of nitrogens with one attached hydrogen (secondary N) is 2. The number of aryl methyl sites for hydroxylation is 2.